The molecule has 2 aromatic rings. The molecular formula is C24H27N3O6S. The first-order valence-corrected chi connectivity index (χ1v) is 12.8. The highest BCUT2D eigenvalue weighted by Gasteiger charge is 2.49. The molecule has 2 aliphatic rings. The molecule has 4 amide bonds. The fourth-order valence-corrected chi connectivity index (χ4v) is 6.28. The second-order valence-corrected chi connectivity index (χ2v) is 11.0. The summed E-state index contributed by atoms with van der Waals surface area (Å²) in [6, 6.07) is 14.7. The molecule has 0 unspecified atom stereocenters. The van der Waals surface area contributed by atoms with Crippen molar-refractivity contribution >= 4 is 33.4 Å². The van der Waals surface area contributed by atoms with Crippen molar-refractivity contribution in [3.8, 4) is 5.75 Å². The first-order chi connectivity index (χ1) is 16.1. The third-order valence-electron chi connectivity index (χ3n) is 6.25. The van der Waals surface area contributed by atoms with E-state index in [1.54, 1.807) is 43.3 Å². The second kappa shape index (κ2) is 9.09. The fraction of sp³-hybridized carbons (Fsp3) is 0.375. The monoisotopic (exact) mass is 485 g/mol. The molecule has 0 aromatic heterocycles. The lowest BCUT2D eigenvalue weighted by molar-refractivity contribution is -0.134. The standard InChI is InChI=1S/C24H27N3O6S/c1-24(14-17-8-6-7-11-20(17)33-2)22(29)26(23(30)25-24)15-21(28)27(18-9-4-3-5-10-18)19-12-13-34(31,32)16-19/h3-11,19H,12-16H2,1-2H3,(H,25,30)/t19-,24-/m1/s1. The number of amides is 4. The summed E-state index contributed by atoms with van der Waals surface area (Å²) in [5.41, 5.74) is 0.0233. The Hall–Kier alpha value is -3.40. The third kappa shape index (κ3) is 4.63. The quantitative estimate of drug-likeness (QED) is 0.598. The maximum atomic E-state index is 13.4. The summed E-state index contributed by atoms with van der Waals surface area (Å²) in [5, 5.41) is 2.71. The zero-order valence-electron chi connectivity index (χ0n) is 19.1. The van der Waals surface area contributed by atoms with Crippen molar-refractivity contribution in [1.82, 2.24) is 10.2 Å². The van der Waals surface area contributed by atoms with E-state index in [1.807, 2.05) is 18.2 Å². The summed E-state index contributed by atoms with van der Waals surface area (Å²) < 4.78 is 29.5. The van der Waals surface area contributed by atoms with Gasteiger partial charge in [0.15, 0.2) is 9.84 Å². The molecule has 0 aliphatic carbocycles. The first kappa shape index (κ1) is 23.7. The Morgan fingerprint density at radius 2 is 1.82 bits per heavy atom. The molecule has 0 spiro atoms. The van der Waals surface area contributed by atoms with Crippen LogP contribution in [0.3, 0.4) is 0 Å². The Balaban J connectivity index is 1.56. The fourth-order valence-electron chi connectivity index (χ4n) is 4.58. The van der Waals surface area contributed by atoms with E-state index >= 15 is 0 Å². The average Bonchev–Trinajstić information content (AvgIpc) is 3.26. The van der Waals surface area contributed by atoms with E-state index in [2.05, 4.69) is 5.32 Å². The van der Waals surface area contributed by atoms with Gasteiger partial charge < -0.3 is 15.0 Å². The number of sulfone groups is 1. The molecule has 0 bridgehead atoms. The summed E-state index contributed by atoms with van der Waals surface area (Å²) in [5.74, 6) is -0.603. The molecule has 2 atom stereocenters. The maximum absolute atomic E-state index is 13.4. The Kier molecular flexibility index (Phi) is 6.35. The number of nitrogens with one attached hydrogen (secondary N) is 1. The van der Waals surface area contributed by atoms with Crippen LogP contribution in [0.15, 0.2) is 54.6 Å². The van der Waals surface area contributed by atoms with Crippen LogP contribution in [-0.2, 0) is 25.8 Å². The highest BCUT2D eigenvalue weighted by atomic mass is 32.2. The number of ether oxygens (including phenoxy) is 1. The zero-order chi connectivity index (χ0) is 24.5. The molecule has 2 heterocycles. The summed E-state index contributed by atoms with van der Waals surface area (Å²) in [6.07, 6.45) is 0.490. The molecule has 2 fully saturated rings. The van der Waals surface area contributed by atoms with Crippen LogP contribution in [0.1, 0.15) is 18.9 Å². The molecule has 2 aromatic carbocycles. The van der Waals surface area contributed by atoms with Crippen molar-refractivity contribution in [1.29, 1.82) is 0 Å². The Morgan fingerprint density at radius 3 is 2.47 bits per heavy atom. The van der Waals surface area contributed by atoms with Gasteiger partial charge in [0.2, 0.25) is 5.91 Å². The summed E-state index contributed by atoms with van der Waals surface area (Å²) in [6.45, 7) is 1.13. The lowest BCUT2D eigenvalue weighted by atomic mass is 9.92. The van der Waals surface area contributed by atoms with Gasteiger partial charge in [-0.1, -0.05) is 36.4 Å². The van der Waals surface area contributed by atoms with Crippen LogP contribution in [-0.4, -0.2) is 67.9 Å². The molecule has 2 aliphatic heterocycles. The van der Waals surface area contributed by atoms with E-state index in [0.29, 0.717) is 17.9 Å². The minimum absolute atomic E-state index is 0.00556. The van der Waals surface area contributed by atoms with E-state index < -0.39 is 45.8 Å². The number of nitrogens with zero attached hydrogens (tertiary/aromatic N) is 2. The number of anilines is 1. The van der Waals surface area contributed by atoms with Crippen LogP contribution < -0.4 is 15.0 Å². The SMILES string of the molecule is COc1ccccc1C[C@@]1(C)NC(=O)N(CC(=O)N(c2ccccc2)[C@@H]2CCS(=O)(=O)C2)C1=O. The number of imide groups is 1. The second-order valence-electron chi connectivity index (χ2n) is 8.80. The number of methoxy groups -OCH3 is 1. The predicted molar refractivity (Wildman–Crippen MR) is 126 cm³/mol. The van der Waals surface area contributed by atoms with Gasteiger partial charge in [0.05, 0.1) is 24.7 Å². The number of para-hydroxylation sites is 2. The summed E-state index contributed by atoms with van der Waals surface area (Å²) >= 11 is 0. The van der Waals surface area contributed by atoms with E-state index in [0.717, 1.165) is 10.5 Å². The van der Waals surface area contributed by atoms with E-state index in [1.165, 1.54) is 12.0 Å². The normalized spacial score (nSPS) is 23.6. The van der Waals surface area contributed by atoms with E-state index in [-0.39, 0.29) is 17.9 Å². The summed E-state index contributed by atoms with van der Waals surface area (Å²) in [4.78, 5) is 41.8. The van der Waals surface area contributed by atoms with Crippen molar-refractivity contribution < 1.29 is 27.5 Å². The van der Waals surface area contributed by atoms with Crippen molar-refractivity contribution in [2.24, 2.45) is 0 Å². The van der Waals surface area contributed by atoms with Gasteiger partial charge in [-0.2, -0.15) is 0 Å². The zero-order valence-corrected chi connectivity index (χ0v) is 19.9. The minimum Gasteiger partial charge on any atom is -0.496 e. The van der Waals surface area contributed by atoms with Gasteiger partial charge in [-0.05, 0) is 37.1 Å². The van der Waals surface area contributed by atoms with Crippen LogP contribution >= 0.6 is 0 Å². The van der Waals surface area contributed by atoms with Crippen LogP contribution in [0, 0.1) is 0 Å². The van der Waals surface area contributed by atoms with Crippen molar-refractivity contribution in [3.05, 3.63) is 60.2 Å². The van der Waals surface area contributed by atoms with Gasteiger partial charge >= 0.3 is 6.03 Å². The Labute approximate surface area is 198 Å². The van der Waals surface area contributed by atoms with Crippen LogP contribution in [0.25, 0.3) is 0 Å². The lowest BCUT2D eigenvalue weighted by Gasteiger charge is -2.30. The number of carbonyl (C=O) groups excluding carboxylic acids is 3. The Morgan fingerprint density at radius 1 is 1.15 bits per heavy atom. The number of rotatable bonds is 7. The smallest absolute Gasteiger partial charge is 0.325 e. The number of urea groups is 1. The molecule has 34 heavy (non-hydrogen) atoms. The number of carbonyl (C=O) groups is 3. The highest BCUT2D eigenvalue weighted by Crippen LogP contribution is 2.29. The Bertz CT molecular complexity index is 1220. The predicted octanol–water partition coefficient (Wildman–Crippen LogP) is 1.77. The lowest BCUT2D eigenvalue weighted by Crippen LogP contribution is -2.49. The minimum atomic E-state index is -3.26. The third-order valence-corrected chi connectivity index (χ3v) is 8.00. The number of benzene rings is 2. The van der Waals surface area contributed by atoms with Gasteiger partial charge in [0, 0.05) is 12.1 Å². The molecule has 0 radical (unpaired) electrons. The molecular weight excluding hydrogens is 458 g/mol. The maximum Gasteiger partial charge on any atom is 0.325 e. The van der Waals surface area contributed by atoms with Gasteiger partial charge in [0.1, 0.15) is 17.8 Å². The van der Waals surface area contributed by atoms with Crippen LogP contribution in [0.5, 0.6) is 5.75 Å². The van der Waals surface area contributed by atoms with Gasteiger partial charge in [-0.25, -0.2) is 13.2 Å². The van der Waals surface area contributed by atoms with Crippen LogP contribution in [0.4, 0.5) is 10.5 Å². The van der Waals surface area contributed by atoms with Gasteiger partial charge in [0.25, 0.3) is 5.91 Å². The van der Waals surface area contributed by atoms with Crippen molar-refractivity contribution in [2.45, 2.75) is 31.3 Å². The molecule has 1 N–H and O–H groups in total. The highest BCUT2D eigenvalue weighted by molar-refractivity contribution is 7.91. The number of hydrogen-bond acceptors (Lipinski definition) is 6. The first-order valence-electron chi connectivity index (χ1n) is 11.0. The number of hydrogen-bond donors (Lipinski definition) is 1. The summed E-state index contributed by atoms with van der Waals surface area (Å²) in [7, 11) is -1.73. The van der Waals surface area contributed by atoms with Crippen LogP contribution in [0.2, 0.25) is 0 Å². The van der Waals surface area contributed by atoms with Gasteiger partial charge in [-0.15, -0.1) is 0 Å². The molecule has 0 saturated carbocycles. The molecule has 4 rings (SSSR count). The van der Waals surface area contributed by atoms with E-state index in [4.69, 9.17) is 4.74 Å². The van der Waals surface area contributed by atoms with Crippen molar-refractivity contribution in [3.63, 3.8) is 0 Å². The van der Waals surface area contributed by atoms with Crippen molar-refractivity contribution in [2.75, 3.05) is 30.1 Å². The molecule has 10 heteroatoms. The average molecular weight is 486 g/mol. The largest absolute Gasteiger partial charge is 0.496 e. The molecule has 2 saturated heterocycles. The molecule has 180 valence electrons. The van der Waals surface area contributed by atoms with E-state index in [9.17, 15) is 22.8 Å². The van der Waals surface area contributed by atoms with Gasteiger partial charge in [-0.3, -0.25) is 14.5 Å². The topological polar surface area (TPSA) is 113 Å². The molecule has 9 nitrogen and oxygen atoms in total.